The minimum atomic E-state index is -0.435. The summed E-state index contributed by atoms with van der Waals surface area (Å²) in [5.41, 5.74) is 7.24. The molecule has 0 bridgehead atoms. The topological polar surface area (TPSA) is 46.3 Å². The highest BCUT2D eigenvalue weighted by Crippen LogP contribution is 2.32. The molecule has 3 atom stereocenters. The monoisotopic (exact) mass is 306 g/mol. The molecule has 0 aromatic heterocycles. The molecule has 2 N–H and O–H groups in total. The first kappa shape index (κ1) is 16.4. The molecule has 1 amide bonds. The largest absolute Gasteiger partial charge is 0.341 e. The van der Waals surface area contributed by atoms with Crippen LogP contribution >= 0.6 is 11.8 Å². The summed E-state index contributed by atoms with van der Waals surface area (Å²) in [6.45, 7) is 2.20. The van der Waals surface area contributed by atoms with Gasteiger partial charge in [-0.25, -0.2) is 0 Å². The van der Waals surface area contributed by atoms with Gasteiger partial charge in [-0.2, -0.15) is 11.8 Å². The smallest absolute Gasteiger partial charge is 0.239 e. The van der Waals surface area contributed by atoms with Gasteiger partial charge >= 0.3 is 0 Å². The first-order chi connectivity index (χ1) is 10.1. The van der Waals surface area contributed by atoms with E-state index in [-0.39, 0.29) is 5.91 Å². The zero-order valence-electron chi connectivity index (χ0n) is 13.0. The van der Waals surface area contributed by atoms with Gasteiger partial charge in [0.25, 0.3) is 0 Å². The summed E-state index contributed by atoms with van der Waals surface area (Å²) in [5.74, 6) is 1.23. The minimum absolute atomic E-state index is 0.0750. The fraction of sp³-hybridized carbons (Fsp3) is 0.588. The molecule has 3 nitrogen and oxygen atoms in total. The highest BCUT2D eigenvalue weighted by atomic mass is 32.2. The van der Waals surface area contributed by atoms with E-state index in [0.717, 1.165) is 24.2 Å². The van der Waals surface area contributed by atoms with Gasteiger partial charge in [0.05, 0.1) is 6.04 Å². The Kier molecular flexibility index (Phi) is 6.12. The molecular formula is C17H26N2OS. The van der Waals surface area contributed by atoms with Crippen molar-refractivity contribution in [3.8, 4) is 0 Å². The summed E-state index contributed by atoms with van der Waals surface area (Å²) in [7, 11) is 1.91. The van der Waals surface area contributed by atoms with Crippen molar-refractivity contribution >= 4 is 17.7 Å². The van der Waals surface area contributed by atoms with Crippen molar-refractivity contribution in [2.45, 2.75) is 49.9 Å². The average molecular weight is 306 g/mol. The van der Waals surface area contributed by atoms with Gasteiger partial charge in [0.15, 0.2) is 0 Å². The molecule has 0 aliphatic heterocycles. The Morgan fingerprint density at radius 2 is 2.10 bits per heavy atom. The maximum absolute atomic E-state index is 12.5. The van der Waals surface area contributed by atoms with E-state index in [0.29, 0.717) is 17.7 Å². The molecule has 0 unspecified atom stereocenters. The molecule has 116 valence electrons. The van der Waals surface area contributed by atoms with Crippen LogP contribution < -0.4 is 5.73 Å². The molecule has 0 heterocycles. The van der Waals surface area contributed by atoms with E-state index in [1.54, 1.807) is 0 Å². The first-order valence-corrected chi connectivity index (χ1v) is 8.84. The number of nitrogens with two attached hydrogens (primary N) is 1. The third kappa shape index (κ3) is 4.48. The van der Waals surface area contributed by atoms with E-state index in [1.165, 1.54) is 6.42 Å². The lowest BCUT2D eigenvalue weighted by atomic mass is 10.0. The summed E-state index contributed by atoms with van der Waals surface area (Å²) in [5, 5.41) is 0.709. The normalized spacial score (nSPS) is 23.0. The highest BCUT2D eigenvalue weighted by Gasteiger charge is 2.31. The fourth-order valence-corrected chi connectivity index (χ4v) is 4.19. The van der Waals surface area contributed by atoms with Crippen LogP contribution in [0.1, 0.15) is 31.7 Å². The van der Waals surface area contributed by atoms with Gasteiger partial charge in [0.2, 0.25) is 5.91 Å². The molecule has 1 aromatic rings. The molecule has 4 heteroatoms. The van der Waals surface area contributed by atoms with E-state index in [4.69, 9.17) is 5.73 Å². The maximum atomic E-state index is 12.5. The van der Waals surface area contributed by atoms with E-state index in [9.17, 15) is 4.79 Å². The van der Waals surface area contributed by atoms with Crippen LogP contribution in [0.15, 0.2) is 30.3 Å². The van der Waals surface area contributed by atoms with Gasteiger partial charge in [-0.05, 0) is 37.0 Å². The van der Waals surface area contributed by atoms with Crippen molar-refractivity contribution in [1.29, 1.82) is 0 Å². The molecule has 1 aromatic carbocycles. The predicted molar refractivity (Wildman–Crippen MR) is 90.5 cm³/mol. The fourth-order valence-electron chi connectivity index (χ4n) is 3.05. The van der Waals surface area contributed by atoms with Crippen LogP contribution in [0.25, 0.3) is 0 Å². The number of benzene rings is 1. The van der Waals surface area contributed by atoms with Crippen LogP contribution in [0.3, 0.4) is 0 Å². The summed E-state index contributed by atoms with van der Waals surface area (Å²) in [6.07, 6.45) is 4.05. The number of amides is 1. The van der Waals surface area contributed by atoms with Crippen LogP contribution in [0.4, 0.5) is 0 Å². The Hall–Kier alpha value is -1.00. The standard InChI is InChI=1S/C17H26N2OS/c1-3-21-15-10-9-14(12-15)19(2)17(20)16(18)11-13-7-5-4-6-8-13/h4-8,14-16H,3,9-12,18H2,1-2H3/t14-,15+,16-/m0/s1. The van der Waals surface area contributed by atoms with Crippen molar-refractivity contribution in [3.05, 3.63) is 35.9 Å². The summed E-state index contributed by atoms with van der Waals surface area (Å²) < 4.78 is 0. The van der Waals surface area contributed by atoms with E-state index < -0.39 is 6.04 Å². The molecular weight excluding hydrogens is 280 g/mol. The van der Waals surface area contributed by atoms with Crippen molar-refractivity contribution in [2.75, 3.05) is 12.8 Å². The minimum Gasteiger partial charge on any atom is -0.341 e. The molecule has 1 fully saturated rings. The zero-order valence-corrected chi connectivity index (χ0v) is 13.8. The molecule has 0 radical (unpaired) electrons. The van der Waals surface area contributed by atoms with Crippen LogP contribution in [0.2, 0.25) is 0 Å². The number of hydrogen-bond acceptors (Lipinski definition) is 3. The maximum Gasteiger partial charge on any atom is 0.239 e. The van der Waals surface area contributed by atoms with Crippen LogP contribution in [-0.2, 0) is 11.2 Å². The number of rotatable bonds is 6. The molecule has 1 saturated carbocycles. The van der Waals surface area contributed by atoms with Gasteiger partial charge in [-0.15, -0.1) is 0 Å². The number of nitrogens with zero attached hydrogens (tertiary/aromatic N) is 1. The number of likely N-dealkylation sites (N-methyl/N-ethyl adjacent to an activating group) is 1. The SMILES string of the molecule is CCS[C@@H]1CC[C@H](N(C)C(=O)[C@@H](N)Cc2ccccc2)C1. The van der Waals surface area contributed by atoms with Crippen LogP contribution in [-0.4, -0.2) is 40.9 Å². The number of hydrogen-bond donors (Lipinski definition) is 1. The second kappa shape index (κ2) is 7.85. The highest BCUT2D eigenvalue weighted by molar-refractivity contribution is 7.99. The summed E-state index contributed by atoms with van der Waals surface area (Å²) >= 11 is 2.01. The van der Waals surface area contributed by atoms with Gasteiger partial charge < -0.3 is 10.6 Å². The number of carbonyl (C=O) groups excluding carboxylic acids is 1. The van der Waals surface area contributed by atoms with Gasteiger partial charge in [0, 0.05) is 18.3 Å². The van der Waals surface area contributed by atoms with Gasteiger partial charge in [0.1, 0.15) is 0 Å². The van der Waals surface area contributed by atoms with E-state index >= 15 is 0 Å². The predicted octanol–water partition coefficient (Wildman–Crippen LogP) is 2.69. The quantitative estimate of drug-likeness (QED) is 0.879. The molecule has 2 rings (SSSR count). The van der Waals surface area contributed by atoms with E-state index in [2.05, 4.69) is 6.92 Å². The third-order valence-electron chi connectivity index (χ3n) is 4.27. The van der Waals surface area contributed by atoms with Crippen molar-refractivity contribution in [2.24, 2.45) is 5.73 Å². The second-order valence-corrected chi connectivity index (χ2v) is 7.37. The molecule has 21 heavy (non-hydrogen) atoms. The van der Waals surface area contributed by atoms with Crippen molar-refractivity contribution in [1.82, 2.24) is 4.90 Å². The molecule has 0 spiro atoms. The lowest BCUT2D eigenvalue weighted by Crippen LogP contribution is -2.46. The first-order valence-electron chi connectivity index (χ1n) is 7.79. The Morgan fingerprint density at radius 3 is 2.76 bits per heavy atom. The third-order valence-corrected chi connectivity index (χ3v) is 5.50. The van der Waals surface area contributed by atoms with Crippen molar-refractivity contribution in [3.63, 3.8) is 0 Å². The van der Waals surface area contributed by atoms with E-state index in [1.807, 2.05) is 54.0 Å². The average Bonchev–Trinajstić information content (AvgIpc) is 2.95. The lowest BCUT2D eigenvalue weighted by molar-refractivity contribution is -0.133. The summed E-state index contributed by atoms with van der Waals surface area (Å²) in [6, 6.07) is 9.93. The Morgan fingerprint density at radius 1 is 1.38 bits per heavy atom. The second-order valence-electron chi connectivity index (χ2n) is 5.79. The van der Waals surface area contributed by atoms with Gasteiger partial charge in [-0.1, -0.05) is 37.3 Å². The molecule has 1 aliphatic rings. The lowest BCUT2D eigenvalue weighted by Gasteiger charge is -2.27. The Balaban J connectivity index is 1.87. The molecule has 1 aliphatic carbocycles. The van der Waals surface area contributed by atoms with Crippen LogP contribution in [0.5, 0.6) is 0 Å². The Bertz CT molecular complexity index is 451. The van der Waals surface area contributed by atoms with Gasteiger partial charge in [-0.3, -0.25) is 4.79 Å². The summed E-state index contributed by atoms with van der Waals surface area (Å²) in [4.78, 5) is 14.4. The zero-order chi connectivity index (χ0) is 15.2. The van der Waals surface area contributed by atoms with Crippen LogP contribution in [0, 0.1) is 0 Å². The Labute approximate surface area is 132 Å². The van der Waals surface area contributed by atoms with Crippen molar-refractivity contribution < 1.29 is 4.79 Å². The number of carbonyl (C=O) groups is 1. The number of thioether (sulfide) groups is 1. The molecule has 0 saturated heterocycles.